The zero-order valence-corrected chi connectivity index (χ0v) is 9.29. The van der Waals surface area contributed by atoms with Crippen LogP contribution in [0.5, 0.6) is 0 Å². The van der Waals surface area contributed by atoms with E-state index >= 15 is 0 Å². The fraction of sp³-hybridized carbons (Fsp3) is 0. The van der Waals surface area contributed by atoms with Crippen LogP contribution in [0.3, 0.4) is 0 Å². The number of amides is 1. The van der Waals surface area contributed by atoms with E-state index < -0.39 is 5.95 Å². The molecule has 0 aliphatic heterocycles. The number of nitrogens with zero attached hydrogens (tertiary/aromatic N) is 2. The topological polar surface area (TPSA) is 92.9 Å². The molecule has 0 unspecified atom stereocenters. The second-order valence-electron chi connectivity index (χ2n) is 3.01. The van der Waals surface area contributed by atoms with E-state index in [1.165, 1.54) is 24.5 Å². The summed E-state index contributed by atoms with van der Waals surface area (Å²) in [6.45, 7) is 0. The van der Waals surface area contributed by atoms with E-state index in [-0.39, 0.29) is 5.91 Å². The Balaban J connectivity index is 1.94. The minimum Gasteiger partial charge on any atom is -0.375 e. The number of nitrogens with two attached hydrogens (primary N) is 1. The second kappa shape index (κ2) is 4.74. The molecule has 2 rings (SSSR count). The zero-order chi connectivity index (χ0) is 12.3. The summed E-state index contributed by atoms with van der Waals surface area (Å²) in [5.74, 6) is -0.958. The molecule has 4 N–H and O–H groups in total. The summed E-state index contributed by atoms with van der Waals surface area (Å²) in [5.41, 5.74) is 10.9. The average Bonchev–Trinajstić information content (AvgIpc) is 2.75. The fourth-order valence-electron chi connectivity index (χ4n) is 1.03. The van der Waals surface area contributed by atoms with Crippen LogP contribution in [0.2, 0.25) is 0 Å². The molecule has 1 amide bonds. The van der Waals surface area contributed by atoms with E-state index in [1.54, 1.807) is 0 Å². The molecule has 0 aliphatic carbocycles. The Bertz CT molecular complexity index is 526. The van der Waals surface area contributed by atoms with Crippen molar-refractivity contribution < 1.29 is 9.18 Å². The van der Waals surface area contributed by atoms with Crippen LogP contribution in [0.25, 0.3) is 0 Å². The summed E-state index contributed by atoms with van der Waals surface area (Å²) in [5, 5.41) is 0.318. The highest BCUT2D eigenvalue weighted by Crippen LogP contribution is 2.13. The van der Waals surface area contributed by atoms with Gasteiger partial charge in [-0.15, -0.1) is 0 Å². The van der Waals surface area contributed by atoms with Gasteiger partial charge in [0.15, 0.2) is 5.13 Å². The molecule has 0 saturated heterocycles. The van der Waals surface area contributed by atoms with Gasteiger partial charge in [0.2, 0.25) is 5.95 Å². The standard InChI is InChI=1S/C9H8FN5OS/c10-7-2-1-5(3-12-7)14-15-8(16)6-4-13-9(11)17-6/h1-4,14H,(H2,11,13)(H,15,16). The molecule has 0 fully saturated rings. The van der Waals surface area contributed by atoms with Crippen LogP contribution in [0.15, 0.2) is 24.5 Å². The Kier molecular flexibility index (Phi) is 3.15. The molecule has 0 aliphatic rings. The van der Waals surface area contributed by atoms with Crippen LogP contribution in [0.1, 0.15) is 9.67 Å². The smallest absolute Gasteiger partial charge is 0.281 e. The van der Waals surface area contributed by atoms with Crippen molar-refractivity contribution in [3.05, 3.63) is 35.4 Å². The molecule has 0 bridgehead atoms. The summed E-state index contributed by atoms with van der Waals surface area (Å²) in [4.78, 5) is 19.1. The van der Waals surface area contributed by atoms with E-state index in [9.17, 15) is 9.18 Å². The number of anilines is 2. The van der Waals surface area contributed by atoms with Gasteiger partial charge in [-0.3, -0.25) is 15.6 Å². The van der Waals surface area contributed by atoms with Crippen LogP contribution < -0.4 is 16.6 Å². The number of carbonyl (C=O) groups excluding carboxylic acids is 1. The third-order valence-electron chi connectivity index (χ3n) is 1.80. The highest BCUT2D eigenvalue weighted by molar-refractivity contribution is 7.17. The molecule has 0 aromatic carbocycles. The number of nitrogen functional groups attached to an aromatic ring is 1. The Morgan fingerprint density at radius 3 is 2.76 bits per heavy atom. The number of pyridine rings is 1. The van der Waals surface area contributed by atoms with E-state index in [0.29, 0.717) is 15.7 Å². The summed E-state index contributed by atoms with van der Waals surface area (Å²) < 4.78 is 12.5. The number of hydrazine groups is 1. The van der Waals surface area contributed by atoms with Gasteiger partial charge in [-0.05, 0) is 12.1 Å². The third kappa shape index (κ3) is 2.88. The maximum absolute atomic E-state index is 12.5. The number of thiazole rings is 1. The normalized spacial score (nSPS) is 9.94. The molecule has 0 radical (unpaired) electrons. The molecular formula is C9H8FN5OS. The van der Waals surface area contributed by atoms with Crippen molar-refractivity contribution >= 4 is 28.1 Å². The number of nitrogens with one attached hydrogen (secondary N) is 2. The number of carbonyl (C=O) groups is 1. The van der Waals surface area contributed by atoms with Crippen molar-refractivity contribution in [1.29, 1.82) is 0 Å². The van der Waals surface area contributed by atoms with Crippen LogP contribution in [0.4, 0.5) is 15.2 Å². The third-order valence-corrected chi connectivity index (χ3v) is 2.62. The van der Waals surface area contributed by atoms with Gasteiger partial charge in [0.1, 0.15) is 4.88 Å². The predicted octanol–water partition coefficient (Wildman–Crippen LogP) is 1.02. The van der Waals surface area contributed by atoms with Gasteiger partial charge in [0, 0.05) is 0 Å². The molecule has 2 aromatic rings. The molecule has 0 atom stereocenters. The van der Waals surface area contributed by atoms with Crippen LogP contribution in [-0.4, -0.2) is 15.9 Å². The van der Waals surface area contributed by atoms with Gasteiger partial charge >= 0.3 is 0 Å². The minimum atomic E-state index is -0.586. The van der Waals surface area contributed by atoms with Crippen molar-refractivity contribution in [2.45, 2.75) is 0 Å². The first-order chi connectivity index (χ1) is 8.15. The van der Waals surface area contributed by atoms with E-state index in [1.807, 2.05) is 0 Å². The maximum atomic E-state index is 12.5. The Morgan fingerprint density at radius 2 is 2.18 bits per heavy atom. The molecule has 6 nitrogen and oxygen atoms in total. The number of hydrogen-bond acceptors (Lipinski definition) is 6. The lowest BCUT2D eigenvalue weighted by Gasteiger charge is -2.05. The van der Waals surface area contributed by atoms with Gasteiger partial charge in [-0.1, -0.05) is 11.3 Å². The summed E-state index contributed by atoms with van der Waals surface area (Å²) >= 11 is 1.07. The first kappa shape index (κ1) is 11.3. The summed E-state index contributed by atoms with van der Waals surface area (Å²) in [6.07, 6.45) is 2.64. The molecule has 2 aromatic heterocycles. The van der Waals surface area contributed by atoms with Crippen molar-refractivity contribution in [2.75, 3.05) is 11.2 Å². The van der Waals surface area contributed by atoms with Gasteiger partial charge < -0.3 is 5.73 Å². The number of aromatic nitrogens is 2. The number of rotatable bonds is 3. The number of hydrogen-bond donors (Lipinski definition) is 3. The van der Waals surface area contributed by atoms with E-state index in [2.05, 4.69) is 20.8 Å². The highest BCUT2D eigenvalue weighted by Gasteiger charge is 2.08. The molecule has 17 heavy (non-hydrogen) atoms. The molecule has 0 spiro atoms. The molecule has 8 heteroatoms. The van der Waals surface area contributed by atoms with E-state index in [0.717, 1.165) is 11.3 Å². The van der Waals surface area contributed by atoms with E-state index in [4.69, 9.17) is 5.73 Å². The first-order valence-electron chi connectivity index (χ1n) is 4.54. The SMILES string of the molecule is Nc1ncc(C(=O)NNc2ccc(F)nc2)s1. The van der Waals surface area contributed by atoms with Crippen molar-refractivity contribution in [3.8, 4) is 0 Å². The van der Waals surface area contributed by atoms with Gasteiger partial charge in [0.25, 0.3) is 5.91 Å². The Hall–Kier alpha value is -2.22. The van der Waals surface area contributed by atoms with Crippen LogP contribution >= 0.6 is 11.3 Å². The van der Waals surface area contributed by atoms with Crippen LogP contribution in [-0.2, 0) is 0 Å². The highest BCUT2D eigenvalue weighted by atomic mass is 32.1. The lowest BCUT2D eigenvalue weighted by Crippen LogP contribution is -2.28. The molecule has 0 saturated carbocycles. The van der Waals surface area contributed by atoms with Gasteiger partial charge in [-0.25, -0.2) is 9.97 Å². The zero-order valence-electron chi connectivity index (χ0n) is 8.48. The molecule has 2 heterocycles. The van der Waals surface area contributed by atoms with Crippen molar-refractivity contribution in [3.63, 3.8) is 0 Å². The van der Waals surface area contributed by atoms with Gasteiger partial charge in [-0.2, -0.15) is 4.39 Å². The lowest BCUT2D eigenvalue weighted by atomic mass is 10.4. The molecular weight excluding hydrogens is 245 g/mol. The first-order valence-corrected chi connectivity index (χ1v) is 5.36. The monoisotopic (exact) mass is 253 g/mol. The predicted molar refractivity (Wildman–Crippen MR) is 61.8 cm³/mol. The Morgan fingerprint density at radius 1 is 1.35 bits per heavy atom. The lowest BCUT2D eigenvalue weighted by molar-refractivity contribution is 0.0966. The van der Waals surface area contributed by atoms with Crippen molar-refractivity contribution in [1.82, 2.24) is 15.4 Å². The Labute approximate surface area is 99.7 Å². The van der Waals surface area contributed by atoms with Crippen LogP contribution in [0, 0.1) is 5.95 Å². The van der Waals surface area contributed by atoms with Crippen molar-refractivity contribution in [2.24, 2.45) is 0 Å². The minimum absolute atomic E-state index is 0.318. The number of halogens is 1. The summed E-state index contributed by atoms with van der Waals surface area (Å²) in [7, 11) is 0. The average molecular weight is 253 g/mol. The molecule has 88 valence electrons. The van der Waals surface area contributed by atoms with Gasteiger partial charge in [0.05, 0.1) is 18.1 Å². The summed E-state index contributed by atoms with van der Waals surface area (Å²) in [6, 6.07) is 2.63. The quantitative estimate of drug-likeness (QED) is 0.561. The fourth-order valence-corrected chi connectivity index (χ4v) is 1.61. The second-order valence-corrected chi connectivity index (χ2v) is 4.07. The maximum Gasteiger partial charge on any atom is 0.281 e. The largest absolute Gasteiger partial charge is 0.375 e.